The maximum absolute atomic E-state index is 13.0. The first-order valence-corrected chi connectivity index (χ1v) is 10.3. The van der Waals surface area contributed by atoms with Gasteiger partial charge in [0.25, 0.3) is 0 Å². The van der Waals surface area contributed by atoms with Crippen molar-refractivity contribution >= 4 is 16.8 Å². The van der Waals surface area contributed by atoms with Crippen LogP contribution in [0.4, 0.5) is 0 Å². The molecule has 0 radical (unpaired) electrons. The van der Waals surface area contributed by atoms with Crippen molar-refractivity contribution in [1.29, 1.82) is 0 Å². The van der Waals surface area contributed by atoms with Crippen molar-refractivity contribution in [3.05, 3.63) is 65.9 Å². The number of amides is 1. The summed E-state index contributed by atoms with van der Waals surface area (Å²) in [5, 5.41) is 1.14. The molecule has 2 heterocycles. The van der Waals surface area contributed by atoms with Gasteiger partial charge in [-0.05, 0) is 48.1 Å². The summed E-state index contributed by atoms with van der Waals surface area (Å²) in [4.78, 5) is 18.3. The number of fused-ring (bicyclic) bond motifs is 1. The summed E-state index contributed by atoms with van der Waals surface area (Å²) in [5.74, 6) is 1.19. The van der Waals surface area contributed by atoms with Crippen LogP contribution in [0.3, 0.4) is 0 Å². The molecule has 1 aliphatic heterocycles. The van der Waals surface area contributed by atoms with Crippen molar-refractivity contribution in [2.45, 2.75) is 25.2 Å². The highest BCUT2D eigenvalue weighted by atomic mass is 16.5. The number of morpholine rings is 1. The number of benzene rings is 2. The van der Waals surface area contributed by atoms with E-state index in [9.17, 15) is 4.79 Å². The van der Waals surface area contributed by atoms with Gasteiger partial charge >= 0.3 is 0 Å². The Hall–Kier alpha value is -2.79. The predicted octanol–water partition coefficient (Wildman–Crippen LogP) is 4.14. The summed E-state index contributed by atoms with van der Waals surface area (Å²) in [7, 11) is 1.68. The van der Waals surface area contributed by atoms with Gasteiger partial charge in [-0.2, -0.15) is 0 Å². The summed E-state index contributed by atoms with van der Waals surface area (Å²) in [6.45, 7) is 2.63. The van der Waals surface area contributed by atoms with Gasteiger partial charge in [0, 0.05) is 36.6 Å². The Kier molecular flexibility index (Phi) is 6.15. The zero-order valence-electron chi connectivity index (χ0n) is 16.9. The highest BCUT2D eigenvalue weighted by Crippen LogP contribution is 2.34. The third-order valence-electron chi connectivity index (χ3n) is 5.77. The molecule has 29 heavy (non-hydrogen) atoms. The summed E-state index contributed by atoms with van der Waals surface area (Å²) in [6.07, 6.45) is 4.44. The molecule has 0 bridgehead atoms. The van der Waals surface area contributed by atoms with Gasteiger partial charge in [0.1, 0.15) is 5.75 Å². The van der Waals surface area contributed by atoms with E-state index in [0.29, 0.717) is 32.7 Å². The number of hydrogen-bond acceptors (Lipinski definition) is 3. The molecule has 0 saturated carbocycles. The standard InChI is InChI=1S/C24H28N2O3/c1-28-20-9-10-23-21(16-20)22(17-25-23)19(8-7-18-5-3-2-4-6-18)15-24(27)26-11-13-29-14-12-26/h2-6,9-10,16-17,19,25H,7-8,11-15H2,1H3/t19-/m1/s1. The van der Waals surface area contributed by atoms with Gasteiger partial charge in [-0.25, -0.2) is 0 Å². The third kappa shape index (κ3) is 4.62. The largest absolute Gasteiger partial charge is 0.497 e. The van der Waals surface area contributed by atoms with Crippen LogP contribution in [0.1, 0.15) is 29.9 Å². The van der Waals surface area contributed by atoms with Crippen LogP contribution in [0.15, 0.2) is 54.7 Å². The second-order valence-electron chi connectivity index (χ2n) is 7.57. The summed E-state index contributed by atoms with van der Waals surface area (Å²) >= 11 is 0. The average Bonchev–Trinajstić information content (AvgIpc) is 3.20. The van der Waals surface area contributed by atoms with Crippen LogP contribution >= 0.6 is 0 Å². The minimum atomic E-state index is 0.145. The van der Waals surface area contributed by atoms with Gasteiger partial charge < -0.3 is 19.4 Å². The van der Waals surface area contributed by atoms with Crippen molar-refractivity contribution in [3.63, 3.8) is 0 Å². The number of carbonyl (C=O) groups is 1. The fourth-order valence-corrected chi connectivity index (χ4v) is 4.09. The van der Waals surface area contributed by atoms with Gasteiger partial charge in [-0.15, -0.1) is 0 Å². The Balaban J connectivity index is 1.59. The lowest BCUT2D eigenvalue weighted by Crippen LogP contribution is -2.41. The van der Waals surface area contributed by atoms with Crippen LogP contribution in [0.5, 0.6) is 5.75 Å². The molecule has 1 atom stereocenters. The van der Waals surface area contributed by atoms with E-state index >= 15 is 0 Å². The fraction of sp³-hybridized carbons (Fsp3) is 0.375. The van der Waals surface area contributed by atoms with Gasteiger partial charge in [0.15, 0.2) is 0 Å². The van der Waals surface area contributed by atoms with Crippen LogP contribution in [0.2, 0.25) is 0 Å². The minimum absolute atomic E-state index is 0.145. The quantitative estimate of drug-likeness (QED) is 0.657. The van der Waals surface area contributed by atoms with Crippen LogP contribution in [-0.4, -0.2) is 49.2 Å². The lowest BCUT2D eigenvalue weighted by molar-refractivity contribution is -0.135. The number of H-pyrrole nitrogens is 1. The Bertz CT molecular complexity index is 945. The Morgan fingerprint density at radius 3 is 2.72 bits per heavy atom. The highest BCUT2D eigenvalue weighted by Gasteiger charge is 2.24. The number of aryl methyl sites for hydroxylation is 1. The molecule has 5 nitrogen and oxygen atoms in total. The van der Waals surface area contributed by atoms with Gasteiger partial charge in [-0.3, -0.25) is 4.79 Å². The average molecular weight is 392 g/mol. The van der Waals surface area contributed by atoms with E-state index in [-0.39, 0.29) is 11.8 Å². The first-order valence-electron chi connectivity index (χ1n) is 10.3. The number of nitrogens with zero attached hydrogens (tertiary/aromatic N) is 1. The molecule has 0 unspecified atom stereocenters. The first-order chi connectivity index (χ1) is 14.2. The van der Waals surface area contributed by atoms with E-state index in [1.165, 1.54) is 11.1 Å². The molecule has 152 valence electrons. The molecule has 1 fully saturated rings. The molecule has 0 aliphatic carbocycles. The second kappa shape index (κ2) is 9.14. The van der Waals surface area contributed by atoms with E-state index in [1.54, 1.807) is 7.11 Å². The summed E-state index contributed by atoms with van der Waals surface area (Å²) < 4.78 is 10.8. The number of hydrogen-bond donors (Lipinski definition) is 1. The van der Waals surface area contributed by atoms with E-state index < -0.39 is 0 Å². The zero-order valence-corrected chi connectivity index (χ0v) is 16.9. The van der Waals surface area contributed by atoms with Gasteiger partial charge in [0.05, 0.1) is 20.3 Å². The SMILES string of the molecule is COc1ccc2[nH]cc([C@H](CCc3ccccc3)CC(=O)N3CCOCC3)c2c1. The number of carbonyl (C=O) groups excluding carboxylic acids is 1. The maximum atomic E-state index is 13.0. The molecule has 1 aliphatic rings. The van der Waals surface area contributed by atoms with Crippen molar-refractivity contribution in [1.82, 2.24) is 9.88 Å². The molecule has 1 saturated heterocycles. The molecule has 1 aromatic heterocycles. The minimum Gasteiger partial charge on any atom is -0.497 e. The van der Waals surface area contributed by atoms with Gasteiger partial charge in [0.2, 0.25) is 5.91 Å². The maximum Gasteiger partial charge on any atom is 0.223 e. The molecular formula is C24H28N2O3. The van der Waals surface area contributed by atoms with Crippen LogP contribution in [0, 0.1) is 0 Å². The van der Waals surface area contributed by atoms with Crippen LogP contribution in [0.25, 0.3) is 10.9 Å². The van der Waals surface area contributed by atoms with Crippen molar-refractivity contribution in [3.8, 4) is 5.75 Å². The molecule has 3 aromatic rings. The highest BCUT2D eigenvalue weighted by molar-refractivity contribution is 5.86. The van der Waals surface area contributed by atoms with E-state index in [0.717, 1.165) is 29.5 Å². The number of aromatic nitrogens is 1. The lowest BCUT2D eigenvalue weighted by atomic mass is 9.88. The lowest BCUT2D eigenvalue weighted by Gasteiger charge is -2.28. The predicted molar refractivity (Wildman–Crippen MR) is 114 cm³/mol. The summed E-state index contributed by atoms with van der Waals surface area (Å²) in [6, 6.07) is 16.5. The monoisotopic (exact) mass is 392 g/mol. The third-order valence-corrected chi connectivity index (χ3v) is 5.77. The molecule has 4 rings (SSSR count). The smallest absolute Gasteiger partial charge is 0.223 e. The van der Waals surface area contributed by atoms with Gasteiger partial charge in [-0.1, -0.05) is 30.3 Å². The summed E-state index contributed by atoms with van der Waals surface area (Å²) in [5.41, 5.74) is 3.56. The molecule has 5 heteroatoms. The molecule has 0 spiro atoms. The number of aromatic amines is 1. The molecular weight excluding hydrogens is 364 g/mol. The molecule has 1 amide bonds. The van der Waals surface area contributed by atoms with E-state index in [4.69, 9.17) is 9.47 Å². The first kappa shape index (κ1) is 19.5. The van der Waals surface area contributed by atoms with Crippen LogP contribution < -0.4 is 4.74 Å². The number of rotatable bonds is 7. The fourth-order valence-electron chi connectivity index (χ4n) is 4.09. The normalized spacial score (nSPS) is 15.4. The topological polar surface area (TPSA) is 54.6 Å². The van der Waals surface area contributed by atoms with Crippen LogP contribution in [-0.2, 0) is 16.0 Å². The van der Waals surface area contributed by atoms with E-state index in [1.807, 2.05) is 23.1 Å². The Morgan fingerprint density at radius 1 is 1.17 bits per heavy atom. The molecule has 1 N–H and O–H groups in total. The second-order valence-corrected chi connectivity index (χ2v) is 7.57. The van der Waals surface area contributed by atoms with Crippen molar-refractivity contribution in [2.75, 3.05) is 33.4 Å². The zero-order chi connectivity index (χ0) is 20.1. The van der Waals surface area contributed by atoms with Crippen molar-refractivity contribution in [2.24, 2.45) is 0 Å². The molecule has 2 aromatic carbocycles. The number of methoxy groups -OCH3 is 1. The Morgan fingerprint density at radius 2 is 1.97 bits per heavy atom. The number of ether oxygens (including phenoxy) is 2. The number of nitrogens with one attached hydrogen (secondary N) is 1. The van der Waals surface area contributed by atoms with E-state index in [2.05, 4.69) is 41.5 Å². The Labute approximate surface area is 171 Å². The van der Waals surface area contributed by atoms with Crippen molar-refractivity contribution < 1.29 is 14.3 Å².